The summed E-state index contributed by atoms with van der Waals surface area (Å²) in [5.41, 5.74) is 0.501. The predicted molar refractivity (Wildman–Crippen MR) is 74.4 cm³/mol. The summed E-state index contributed by atoms with van der Waals surface area (Å²) in [7, 11) is 0. The van der Waals surface area contributed by atoms with E-state index in [0.29, 0.717) is 23.2 Å². The van der Waals surface area contributed by atoms with Gasteiger partial charge in [0.05, 0.1) is 17.3 Å². The van der Waals surface area contributed by atoms with Crippen molar-refractivity contribution in [1.82, 2.24) is 4.90 Å². The number of rotatable bonds is 1. The molecule has 0 aliphatic carbocycles. The Bertz CT molecular complexity index is 514. The summed E-state index contributed by atoms with van der Waals surface area (Å²) < 4.78 is 13.1. The summed E-state index contributed by atoms with van der Waals surface area (Å²) in [6.07, 6.45) is 0. The topological polar surface area (TPSA) is 35.8 Å². The molecular formula is C11H11Cl2FN2OS. The molecule has 0 spiro atoms. The second-order valence-corrected chi connectivity index (χ2v) is 5.37. The van der Waals surface area contributed by atoms with Crippen molar-refractivity contribution in [2.45, 2.75) is 12.3 Å². The minimum atomic E-state index is -1.04. The van der Waals surface area contributed by atoms with Crippen LogP contribution in [0.5, 0.6) is 0 Å². The molecule has 98 valence electrons. The molecular weight excluding hydrogens is 298 g/mol. The third-order valence-corrected chi connectivity index (χ3v) is 4.58. The lowest BCUT2D eigenvalue weighted by atomic mass is 10.1. The zero-order chi connectivity index (χ0) is 12.0. The van der Waals surface area contributed by atoms with Gasteiger partial charge in [0, 0.05) is 6.54 Å². The normalized spacial score (nSPS) is 25.1. The molecule has 0 amide bonds. The minimum absolute atomic E-state index is 0. The largest absolute Gasteiger partial charge is 0.369 e. The highest BCUT2D eigenvalue weighted by molar-refractivity contribution is 8.14. The van der Waals surface area contributed by atoms with E-state index in [-0.39, 0.29) is 24.1 Å². The number of aliphatic hydroxyl groups is 1. The number of nitrogens with zero attached hydrogens (tertiary/aromatic N) is 2. The van der Waals surface area contributed by atoms with E-state index < -0.39 is 5.72 Å². The van der Waals surface area contributed by atoms with Gasteiger partial charge >= 0.3 is 0 Å². The standard InChI is InChI=1S/C11H10ClFN2OS.ClH/c12-5-11(16)6-17-10-14-9-3-8(13)2-1-7(9)4-15(10)11;/h1-3,16H,4-6H2;1H. The van der Waals surface area contributed by atoms with Crippen molar-refractivity contribution in [2.75, 3.05) is 11.6 Å². The Morgan fingerprint density at radius 2 is 2.33 bits per heavy atom. The first-order valence-corrected chi connectivity index (χ1v) is 6.70. The van der Waals surface area contributed by atoms with Crippen LogP contribution in [0.3, 0.4) is 0 Å². The average molecular weight is 309 g/mol. The number of halogens is 3. The van der Waals surface area contributed by atoms with E-state index in [4.69, 9.17) is 11.6 Å². The smallest absolute Gasteiger partial charge is 0.167 e. The molecule has 1 N–H and O–H groups in total. The molecule has 18 heavy (non-hydrogen) atoms. The Morgan fingerprint density at radius 1 is 1.56 bits per heavy atom. The van der Waals surface area contributed by atoms with Gasteiger partial charge in [-0.05, 0) is 17.7 Å². The minimum Gasteiger partial charge on any atom is -0.369 e. The van der Waals surface area contributed by atoms with Crippen LogP contribution in [0.1, 0.15) is 5.56 Å². The van der Waals surface area contributed by atoms with Gasteiger partial charge < -0.3 is 10.0 Å². The quantitative estimate of drug-likeness (QED) is 0.810. The lowest BCUT2D eigenvalue weighted by Crippen LogP contribution is -2.49. The average Bonchev–Trinajstić information content (AvgIpc) is 2.65. The van der Waals surface area contributed by atoms with Crippen molar-refractivity contribution in [3.05, 3.63) is 29.6 Å². The molecule has 1 saturated heterocycles. The van der Waals surface area contributed by atoms with E-state index >= 15 is 0 Å². The molecule has 3 rings (SSSR count). The molecule has 0 saturated carbocycles. The van der Waals surface area contributed by atoms with Crippen molar-refractivity contribution in [3.63, 3.8) is 0 Å². The number of hydrogen-bond donors (Lipinski definition) is 1. The molecule has 1 unspecified atom stereocenters. The van der Waals surface area contributed by atoms with Crippen molar-refractivity contribution in [1.29, 1.82) is 0 Å². The van der Waals surface area contributed by atoms with Crippen LogP contribution in [0, 0.1) is 5.82 Å². The van der Waals surface area contributed by atoms with E-state index in [2.05, 4.69) is 4.99 Å². The maximum Gasteiger partial charge on any atom is 0.167 e. The number of thioether (sulfide) groups is 1. The summed E-state index contributed by atoms with van der Waals surface area (Å²) in [6, 6.07) is 4.52. The van der Waals surface area contributed by atoms with Crippen LogP contribution in [0.25, 0.3) is 0 Å². The number of alkyl halides is 1. The van der Waals surface area contributed by atoms with Crippen LogP contribution in [-0.2, 0) is 6.54 Å². The summed E-state index contributed by atoms with van der Waals surface area (Å²) in [5.74, 6) is 0.332. The highest BCUT2D eigenvalue weighted by Crippen LogP contribution is 2.39. The molecule has 2 aliphatic rings. The summed E-state index contributed by atoms with van der Waals surface area (Å²) in [4.78, 5) is 6.14. The molecule has 0 aromatic heterocycles. The van der Waals surface area contributed by atoms with Gasteiger partial charge in [-0.25, -0.2) is 9.38 Å². The van der Waals surface area contributed by atoms with Crippen LogP contribution in [0.2, 0.25) is 0 Å². The summed E-state index contributed by atoms with van der Waals surface area (Å²) in [5, 5.41) is 11.0. The van der Waals surface area contributed by atoms with Gasteiger partial charge in [-0.3, -0.25) is 0 Å². The highest BCUT2D eigenvalue weighted by atomic mass is 35.5. The molecule has 1 aromatic carbocycles. The van der Waals surface area contributed by atoms with Crippen molar-refractivity contribution < 1.29 is 9.50 Å². The first kappa shape index (κ1) is 13.9. The fourth-order valence-electron chi connectivity index (χ4n) is 1.98. The Balaban J connectivity index is 0.00000120. The van der Waals surface area contributed by atoms with E-state index in [0.717, 1.165) is 5.56 Å². The molecule has 0 radical (unpaired) electrons. The highest BCUT2D eigenvalue weighted by Gasteiger charge is 2.44. The number of aliphatic imine (C=N–C) groups is 1. The lowest BCUT2D eigenvalue weighted by Gasteiger charge is -2.34. The van der Waals surface area contributed by atoms with Gasteiger partial charge in [0.1, 0.15) is 5.82 Å². The van der Waals surface area contributed by atoms with Gasteiger partial charge in [-0.2, -0.15) is 0 Å². The SMILES string of the molecule is Cl.OC1(CCl)CSC2=Nc3cc(F)ccc3CN21. The molecule has 2 aliphatic heterocycles. The maximum absolute atomic E-state index is 13.1. The van der Waals surface area contributed by atoms with Crippen LogP contribution in [-0.4, -0.2) is 32.5 Å². The fraction of sp³-hybridized carbons (Fsp3) is 0.364. The van der Waals surface area contributed by atoms with Gasteiger partial charge in [-0.1, -0.05) is 17.8 Å². The number of amidine groups is 1. The predicted octanol–water partition coefficient (Wildman–Crippen LogP) is 2.72. The lowest BCUT2D eigenvalue weighted by molar-refractivity contribution is -0.0256. The van der Waals surface area contributed by atoms with Gasteiger partial charge in [0.25, 0.3) is 0 Å². The Kier molecular flexibility index (Phi) is 3.78. The number of fused-ring (bicyclic) bond motifs is 2. The molecule has 2 heterocycles. The van der Waals surface area contributed by atoms with Crippen LogP contribution in [0.15, 0.2) is 23.2 Å². The van der Waals surface area contributed by atoms with Gasteiger partial charge in [0.2, 0.25) is 0 Å². The second kappa shape index (κ2) is 4.89. The van der Waals surface area contributed by atoms with Gasteiger partial charge in [-0.15, -0.1) is 24.0 Å². The van der Waals surface area contributed by atoms with Crippen LogP contribution in [0.4, 0.5) is 10.1 Å². The van der Waals surface area contributed by atoms with Gasteiger partial charge in [0.15, 0.2) is 10.9 Å². The zero-order valence-electron chi connectivity index (χ0n) is 9.27. The molecule has 3 nitrogen and oxygen atoms in total. The van der Waals surface area contributed by atoms with E-state index in [1.54, 1.807) is 11.0 Å². The summed E-state index contributed by atoms with van der Waals surface area (Å²) >= 11 is 7.25. The van der Waals surface area contributed by atoms with E-state index in [9.17, 15) is 9.50 Å². The maximum atomic E-state index is 13.1. The fourth-order valence-corrected chi connectivity index (χ4v) is 3.50. The zero-order valence-corrected chi connectivity index (χ0v) is 11.7. The summed E-state index contributed by atoms with van der Waals surface area (Å²) in [6.45, 7) is 0.519. The van der Waals surface area contributed by atoms with Crippen molar-refractivity contribution in [3.8, 4) is 0 Å². The monoisotopic (exact) mass is 308 g/mol. The first-order chi connectivity index (χ1) is 8.12. The van der Waals surface area contributed by atoms with Crippen molar-refractivity contribution >= 4 is 46.6 Å². The molecule has 1 fully saturated rings. The second-order valence-electron chi connectivity index (χ2n) is 4.16. The molecule has 7 heteroatoms. The molecule has 0 bridgehead atoms. The molecule has 1 atom stereocenters. The number of benzene rings is 1. The molecule has 1 aromatic rings. The Hall–Kier alpha value is -0.490. The number of hydrogen-bond acceptors (Lipinski definition) is 4. The van der Waals surface area contributed by atoms with Crippen LogP contribution >= 0.6 is 35.8 Å². The third-order valence-electron chi connectivity index (χ3n) is 2.97. The van der Waals surface area contributed by atoms with Crippen molar-refractivity contribution in [2.24, 2.45) is 4.99 Å². The third kappa shape index (κ3) is 2.09. The Morgan fingerprint density at radius 3 is 3.06 bits per heavy atom. The first-order valence-electron chi connectivity index (χ1n) is 5.18. The van der Waals surface area contributed by atoms with E-state index in [1.165, 1.54) is 23.9 Å². The Labute approximate surface area is 119 Å². The van der Waals surface area contributed by atoms with E-state index in [1.807, 2.05) is 0 Å². The van der Waals surface area contributed by atoms with Crippen LogP contribution < -0.4 is 0 Å².